The van der Waals surface area contributed by atoms with Crippen LogP contribution in [0, 0.1) is 11.7 Å². The van der Waals surface area contributed by atoms with Gasteiger partial charge >= 0.3 is 5.97 Å². The summed E-state index contributed by atoms with van der Waals surface area (Å²) in [4.78, 5) is 10.9. The van der Waals surface area contributed by atoms with Gasteiger partial charge in [0.05, 0.1) is 13.5 Å². The molecule has 1 aliphatic rings. The minimum Gasteiger partial charge on any atom is -0.493 e. The van der Waals surface area contributed by atoms with E-state index in [2.05, 4.69) is 0 Å². The van der Waals surface area contributed by atoms with Crippen LogP contribution in [0.2, 0.25) is 5.02 Å². The summed E-state index contributed by atoms with van der Waals surface area (Å²) in [6.07, 6.45) is 1.91. The Labute approximate surface area is 110 Å². The van der Waals surface area contributed by atoms with Crippen molar-refractivity contribution in [3.05, 3.63) is 28.5 Å². The molecule has 5 heteroatoms. The number of carbonyl (C=O) groups is 1. The molecule has 18 heavy (non-hydrogen) atoms. The number of hydrogen-bond acceptors (Lipinski definition) is 2. The van der Waals surface area contributed by atoms with Crippen LogP contribution in [0.25, 0.3) is 0 Å². The van der Waals surface area contributed by atoms with E-state index in [1.54, 1.807) is 6.07 Å². The van der Waals surface area contributed by atoms with Gasteiger partial charge in [-0.1, -0.05) is 11.6 Å². The Bertz CT molecular complexity index is 472. The molecule has 0 amide bonds. The SMILES string of the molecule is COc1c(F)cc(Cl)cc1C(CC(=O)O)C1CC1. The Balaban J connectivity index is 2.42. The van der Waals surface area contributed by atoms with Crippen molar-refractivity contribution in [3.8, 4) is 5.75 Å². The minimum atomic E-state index is -0.894. The second-order valence-corrected chi connectivity index (χ2v) is 4.99. The molecule has 1 aromatic carbocycles. The molecule has 0 heterocycles. The van der Waals surface area contributed by atoms with Gasteiger partial charge in [-0.3, -0.25) is 4.79 Å². The van der Waals surface area contributed by atoms with Crippen molar-refractivity contribution in [2.75, 3.05) is 7.11 Å². The van der Waals surface area contributed by atoms with Crippen molar-refractivity contribution in [1.82, 2.24) is 0 Å². The standard InChI is InChI=1S/C13H14ClFO3/c1-18-13-10(4-8(14)5-11(13)15)9(6-12(16)17)7-2-3-7/h4-5,7,9H,2-3,6H2,1H3,(H,16,17). The zero-order chi connectivity index (χ0) is 13.3. The fraction of sp³-hybridized carbons (Fsp3) is 0.462. The summed E-state index contributed by atoms with van der Waals surface area (Å²) in [5.41, 5.74) is 0.562. The monoisotopic (exact) mass is 272 g/mol. The maximum Gasteiger partial charge on any atom is 0.303 e. The van der Waals surface area contributed by atoms with E-state index >= 15 is 0 Å². The third-order valence-electron chi connectivity index (χ3n) is 3.23. The highest BCUT2D eigenvalue weighted by Gasteiger charge is 2.36. The fourth-order valence-corrected chi connectivity index (χ4v) is 2.50. The highest BCUT2D eigenvalue weighted by molar-refractivity contribution is 6.30. The zero-order valence-corrected chi connectivity index (χ0v) is 10.7. The van der Waals surface area contributed by atoms with E-state index in [9.17, 15) is 9.18 Å². The highest BCUT2D eigenvalue weighted by atomic mass is 35.5. The number of rotatable bonds is 5. The van der Waals surface area contributed by atoms with Gasteiger partial charge in [-0.05, 0) is 30.9 Å². The van der Waals surface area contributed by atoms with Gasteiger partial charge in [-0.25, -0.2) is 4.39 Å². The molecule has 0 bridgehead atoms. The predicted octanol–water partition coefficient (Wildman–Crippen LogP) is 3.46. The van der Waals surface area contributed by atoms with Crippen LogP contribution in [-0.4, -0.2) is 18.2 Å². The summed E-state index contributed by atoms with van der Waals surface area (Å²) >= 11 is 5.84. The van der Waals surface area contributed by atoms with Crippen LogP contribution in [0.5, 0.6) is 5.75 Å². The van der Waals surface area contributed by atoms with Gasteiger partial charge in [0.2, 0.25) is 0 Å². The van der Waals surface area contributed by atoms with E-state index in [4.69, 9.17) is 21.4 Å². The molecule has 1 aliphatic carbocycles. The first-order valence-electron chi connectivity index (χ1n) is 5.77. The van der Waals surface area contributed by atoms with Crippen LogP contribution in [-0.2, 0) is 4.79 Å². The summed E-state index contributed by atoms with van der Waals surface area (Å²) in [5, 5.41) is 9.22. The Hall–Kier alpha value is -1.29. The molecule has 1 aromatic rings. The molecular weight excluding hydrogens is 259 g/mol. The van der Waals surface area contributed by atoms with Crippen molar-refractivity contribution < 1.29 is 19.0 Å². The molecular formula is C13H14ClFO3. The smallest absolute Gasteiger partial charge is 0.303 e. The number of carboxylic acids is 1. The van der Waals surface area contributed by atoms with Crippen molar-refractivity contribution in [2.24, 2.45) is 5.92 Å². The maximum atomic E-state index is 13.7. The second kappa shape index (κ2) is 5.14. The summed E-state index contributed by atoms with van der Waals surface area (Å²) in [6, 6.07) is 2.78. The molecule has 0 spiro atoms. The largest absolute Gasteiger partial charge is 0.493 e. The molecule has 1 N–H and O–H groups in total. The fourth-order valence-electron chi connectivity index (χ4n) is 2.29. The van der Waals surface area contributed by atoms with Crippen LogP contribution in [0.4, 0.5) is 4.39 Å². The lowest BCUT2D eigenvalue weighted by molar-refractivity contribution is -0.137. The minimum absolute atomic E-state index is 0.0270. The zero-order valence-electron chi connectivity index (χ0n) is 9.95. The molecule has 0 aromatic heterocycles. The van der Waals surface area contributed by atoms with Crippen LogP contribution < -0.4 is 4.74 Å². The molecule has 3 nitrogen and oxygen atoms in total. The van der Waals surface area contributed by atoms with Gasteiger partial charge in [0, 0.05) is 16.5 Å². The highest BCUT2D eigenvalue weighted by Crippen LogP contribution is 2.48. The molecule has 1 saturated carbocycles. The number of benzene rings is 1. The van der Waals surface area contributed by atoms with Gasteiger partial charge < -0.3 is 9.84 Å². The van der Waals surface area contributed by atoms with Gasteiger partial charge in [0.25, 0.3) is 0 Å². The first-order chi connectivity index (χ1) is 8.52. The van der Waals surface area contributed by atoms with E-state index in [0.717, 1.165) is 12.8 Å². The summed E-state index contributed by atoms with van der Waals surface area (Å²) in [6.45, 7) is 0. The molecule has 1 atom stereocenters. The molecule has 0 radical (unpaired) electrons. The molecule has 98 valence electrons. The van der Waals surface area contributed by atoms with Crippen molar-refractivity contribution in [2.45, 2.75) is 25.2 Å². The van der Waals surface area contributed by atoms with E-state index in [1.807, 2.05) is 0 Å². The lowest BCUT2D eigenvalue weighted by Crippen LogP contribution is -2.10. The van der Waals surface area contributed by atoms with Crippen molar-refractivity contribution in [3.63, 3.8) is 0 Å². The Morgan fingerprint density at radius 2 is 2.28 bits per heavy atom. The lowest BCUT2D eigenvalue weighted by Gasteiger charge is -2.18. The normalized spacial score (nSPS) is 16.4. The summed E-state index contributed by atoms with van der Waals surface area (Å²) in [7, 11) is 1.38. The van der Waals surface area contributed by atoms with Crippen molar-refractivity contribution in [1.29, 1.82) is 0 Å². The molecule has 0 aliphatic heterocycles. The summed E-state index contributed by atoms with van der Waals surface area (Å²) < 4.78 is 18.8. The van der Waals surface area contributed by atoms with Crippen LogP contribution in [0.15, 0.2) is 12.1 Å². The molecule has 1 unspecified atom stereocenters. The third kappa shape index (κ3) is 2.75. The number of hydrogen-bond donors (Lipinski definition) is 1. The Kier molecular flexibility index (Phi) is 3.76. The number of ether oxygens (including phenoxy) is 1. The topological polar surface area (TPSA) is 46.5 Å². The average Bonchev–Trinajstić information content (AvgIpc) is 3.08. The van der Waals surface area contributed by atoms with E-state index in [0.29, 0.717) is 5.56 Å². The van der Waals surface area contributed by atoms with Gasteiger partial charge in [-0.15, -0.1) is 0 Å². The van der Waals surface area contributed by atoms with Crippen LogP contribution in [0.1, 0.15) is 30.7 Å². The van der Waals surface area contributed by atoms with E-state index in [1.165, 1.54) is 13.2 Å². The molecule has 0 saturated heterocycles. The van der Waals surface area contributed by atoms with Crippen molar-refractivity contribution >= 4 is 17.6 Å². The summed E-state index contributed by atoms with van der Waals surface area (Å²) in [5.74, 6) is -1.28. The number of methoxy groups -OCH3 is 1. The van der Waals surface area contributed by atoms with Gasteiger partial charge in [-0.2, -0.15) is 0 Å². The van der Waals surface area contributed by atoms with Gasteiger partial charge in [0.15, 0.2) is 11.6 Å². The first kappa shape index (κ1) is 13.1. The Morgan fingerprint density at radius 1 is 1.61 bits per heavy atom. The molecule has 2 rings (SSSR count). The molecule has 1 fully saturated rings. The third-order valence-corrected chi connectivity index (χ3v) is 3.44. The predicted molar refractivity (Wildman–Crippen MR) is 65.7 cm³/mol. The second-order valence-electron chi connectivity index (χ2n) is 4.55. The van der Waals surface area contributed by atoms with Crippen LogP contribution >= 0.6 is 11.6 Å². The lowest BCUT2D eigenvalue weighted by atomic mass is 9.90. The number of carboxylic acid groups (broad SMARTS) is 1. The van der Waals surface area contributed by atoms with E-state index in [-0.39, 0.29) is 29.0 Å². The quantitative estimate of drug-likeness (QED) is 0.893. The van der Waals surface area contributed by atoms with Crippen LogP contribution in [0.3, 0.4) is 0 Å². The van der Waals surface area contributed by atoms with Gasteiger partial charge in [0.1, 0.15) is 0 Å². The Morgan fingerprint density at radius 3 is 2.78 bits per heavy atom. The maximum absolute atomic E-state index is 13.7. The van der Waals surface area contributed by atoms with E-state index < -0.39 is 11.8 Å². The number of aliphatic carboxylic acids is 1. The first-order valence-corrected chi connectivity index (χ1v) is 6.15. The average molecular weight is 273 g/mol. The number of halogens is 2.